The second kappa shape index (κ2) is 6.06. The van der Waals surface area contributed by atoms with Gasteiger partial charge in [-0.2, -0.15) is 0 Å². The molecule has 0 unspecified atom stereocenters. The van der Waals surface area contributed by atoms with Gasteiger partial charge in [0.15, 0.2) is 0 Å². The van der Waals surface area contributed by atoms with Crippen molar-refractivity contribution in [2.24, 2.45) is 11.3 Å². The van der Waals surface area contributed by atoms with E-state index in [-0.39, 0.29) is 34.9 Å². The number of aryl methyl sites for hydroxylation is 1. The number of hydrogen-bond acceptors (Lipinski definition) is 5. The van der Waals surface area contributed by atoms with Crippen LogP contribution in [0, 0.1) is 25.2 Å². The highest BCUT2D eigenvalue weighted by Crippen LogP contribution is 2.52. The number of hydrogen-bond donors (Lipinski definition) is 0. The van der Waals surface area contributed by atoms with Crippen molar-refractivity contribution in [3.8, 4) is 0 Å². The highest BCUT2D eigenvalue weighted by atomic mass is 32.1. The number of nitrogens with zero attached hydrogens (tertiary/aromatic N) is 1. The van der Waals surface area contributed by atoms with E-state index in [1.165, 1.54) is 11.3 Å². The van der Waals surface area contributed by atoms with E-state index >= 15 is 0 Å². The zero-order valence-electron chi connectivity index (χ0n) is 14.3. The summed E-state index contributed by atoms with van der Waals surface area (Å²) in [6, 6.07) is 0. The molecular formula is C17H25NO4S. The standard InChI is InChI=1S/C17H25NO4S/c1-10-11(2)23-16(20)18(10)8-7-13(19)22-15-12-6-5-9-21-14(12)17(15,3)4/h12,14-15H,5-9H2,1-4H3/t12-,14+,15+/m0/s1. The van der Waals surface area contributed by atoms with E-state index in [1.54, 1.807) is 4.57 Å². The van der Waals surface area contributed by atoms with E-state index in [4.69, 9.17) is 9.47 Å². The summed E-state index contributed by atoms with van der Waals surface area (Å²) in [6.45, 7) is 9.26. The fraction of sp³-hybridized carbons (Fsp3) is 0.765. The molecule has 2 aliphatic rings. The maximum absolute atomic E-state index is 12.2. The van der Waals surface area contributed by atoms with Crippen molar-refractivity contribution < 1.29 is 14.3 Å². The SMILES string of the molecule is Cc1sc(=O)n(CCC(=O)O[C@@H]2[C@H]3CCCO[C@H]3C2(C)C)c1C. The summed E-state index contributed by atoms with van der Waals surface area (Å²) in [6.07, 6.45) is 2.48. The van der Waals surface area contributed by atoms with Crippen molar-refractivity contribution >= 4 is 17.3 Å². The third kappa shape index (κ3) is 2.87. The Morgan fingerprint density at radius 3 is 2.83 bits per heavy atom. The molecule has 1 aromatic heterocycles. The van der Waals surface area contributed by atoms with Crippen molar-refractivity contribution in [2.75, 3.05) is 6.61 Å². The predicted octanol–water partition coefficient (Wildman–Crippen LogP) is 2.66. The smallest absolute Gasteiger partial charge is 0.307 e. The average molecular weight is 339 g/mol. The molecule has 1 aliphatic heterocycles. The van der Waals surface area contributed by atoms with Crippen LogP contribution in [-0.2, 0) is 20.8 Å². The second-order valence-electron chi connectivity index (χ2n) is 7.24. The molecule has 1 aliphatic carbocycles. The minimum Gasteiger partial charge on any atom is -0.461 e. The van der Waals surface area contributed by atoms with Gasteiger partial charge >= 0.3 is 10.8 Å². The molecule has 0 aromatic carbocycles. The number of carbonyl (C=O) groups excluding carboxylic acids is 1. The summed E-state index contributed by atoms with van der Waals surface area (Å²) >= 11 is 1.23. The Balaban J connectivity index is 1.58. The Hall–Kier alpha value is -1.14. The molecule has 3 atom stereocenters. The topological polar surface area (TPSA) is 57.5 Å². The number of carbonyl (C=O) groups is 1. The Bertz CT molecular complexity index is 660. The first-order valence-corrected chi connectivity index (χ1v) is 9.12. The van der Waals surface area contributed by atoms with Gasteiger partial charge in [-0.25, -0.2) is 0 Å². The predicted molar refractivity (Wildman–Crippen MR) is 88.8 cm³/mol. The van der Waals surface area contributed by atoms with Crippen LogP contribution in [0.1, 0.15) is 43.7 Å². The molecule has 0 radical (unpaired) electrons. The zero-order valence-corrected chi connectivity index (χ0v) is 15.1. The van der Waals surface area contributed by atoms with Gasteiger partial charge in [0.1, 0.15) is 6.10 Å². The van der Waals surface area contributed by atoms with Gasteiger partial charge in [-0.05, 0) is 26.7 Å². The van der Waals surface area contributed by atoms with Gasteiger partial charge in [0.05, 0.1) is 12.5 Å². The van der Waals surface area contributed by atoms with Gasteiger partial charge in [-0.3, -0.25) is 9.59 Å². The largest absolute Gasteiger partial charge is 0.461 e. The Morgan fingerprint density at radius 2 is 2.17 bits per heavy atom. The Labute approximate surface area is 140 Å². The maximum atomic E-state index is 12.2. The number of aromatic nitrogens is 1. The van der Waals surface area contributed by atoms with Gasteiger partial charge in [0.25, 0.3) is 0 Å². The van der Waals surface area contributed by atoms with Crippen molar-refractivity contribution in [1.29, 1.82) is 0 Å². The van der Waals surface area contributed by atoms with Crippen LogP contribution in [0.4, 0.5) is 0 Å². The van der Waals surface area contributed by atoms with Crippen molar-refractivity contribution in [3.63, 3.8) is 0 Å². The van der Waals surface area contributed by atoms with Gasteiger partial charge < -0.3 is 14.0 Å². The molecule has 0 N–H and O–H groups in total. The summed E-state index contributed by atoms with van der Waals surface area (Å²) in [7, 11) is 0. The van der Waals surface area contributed by atoms with Crippen LogP contribution in [0.2, 0.25) is 0 Å². The summed E-state index contributed by atoms with van der Waals surface area (Å²) < 4.78 is 13.2. The average Bonchev–Trinajstić information content (AvgIpc) is 2.76. The molecule has 1 saturated carbocycles. The molecule has 2 heterocycles. The Morgan fingerprint density at radius 1 is 1.43 bits per heavy atom. The van der Waals surface area contributed by atoms with Crippen LogP contribution in [0.15, 0.2) is 4.79 Å². The number of ether oxygens (including phenoxy) is 2. The normalized spacial score (nSPS) is 28.8. The zero-order chi connectivity index (χ0) is 16.8. The van der Waals surface area contributed by atoms with E-state index in [2.05, 4.69) is 13.8 Å². The number of esters is 1. The van der Waals surface area contributed by atoms with Gasteiger partial charge in [0, 0.05) is 35.1 Å². The van der Waals surface area contributed by atoms with Crippen molar-refractivity contribution in [1.82, 2.24) is 4.57 Å². The maximum Gasteiger partial charge on any atom is 0.307 e. The second-order valence-corrected chi connectivity index (χ2v) is 8.41. The molecule has 0 amide bonds. The first-order valence-electron chi connectivity index (χ1n) is 8.30. The third-order valence-electron chi connectivity index (χ3n) is 5.40. The lowest BCUT2D eigenvalue weighted by Gasteiger charge is -2.58. The van der Waals surface area contributed by atoms with E-state index in [0.29, 0.717) is 12.5 Å². The van der Waals surface area contributed by atoms with Crippen LogP contribution < -0.4 is 4.87 Å². The minimum atomic E-state index is -0.220. The summed E-state index contributed by atoms with van der Waals surface area (Å²) in [5.74, 6) is 0.109. The molecule has 2 fully saturated rings. The van der Waals surface area contributed by atoms with Crippen molar-refractivity contribution in [2.45, 2.75) is 65.7 Å². The van der Waals surface area contributed by atoms with Gasteiger partial charge in [-0.15, -0.1) is 0 Å². The minimum absolute atomic E-state index is 0.00230. The Kier molecular flexibility index (Phi) is 4.40. The molecule has 1 saturated heterocycles. The van der Waals surface area contributed by atoms with Crippen LogP contribution in [0.5, 0.6) is 0 Å². The highest BCUT2D eigenvalue weighted by Gasteiger charge is 2.60. The molecule has 6 heteroatoms. The molecule has 3 rings (SSSR count). The first-order chi connectivity index (χ1) is 10.8. The fourth-order valence-corrected chi connectivity index (χ4v) is 4.82. The molecule has 23 heavy (non-hydrogen) atoms. The first kappa shape index (κ1) is 16.7. The van der Waals surface area contributed by atoms with Crippen LogP contribution >= 0.6 is 11.3 Å². The molecule has 128 valence electrons. The van der Waals surface area contributed by atoms with E-state index < -0.39 is 0 Å². The van der Waals surface area contributed by atoms with E-state index in [1.807, 2.05) is 13.8 Å². The van der Waals surface area contributed by atoms with Crippen LogP contribution in [-0.4, -0.2) is 29.4 Å². The van der Waals surface area contributed by atoms with Crippen LogP contribution in [0.25, 0.3) is 0 Å². The molecule has 0 spiro atoms. The van der Waals surface area contributed by atoms with Gasteiger partial charge in [0.2, 0.25) is 0 Å². The summed E-state index contributed by atoms with van der Waals surface area (Å²) in [4.78, 5) is 25.1. The lowest BCUT2D eigenvalue weighted by Crippen LogP contribution is -2.65. The molecular weight excluding hydrogens is 314 g/mol. The number of rotatable bonds is 4. The van der Waals surface area contributed by atoms with Crippen LogP contribution in [0.3, 0.4) is 0 Å². The quantitative estimate of drug-likeness (QED) is 0.792. The molecule has 0 bridgehead atoms. The fourth-order valence-electron chi connectivity index (χ4n) is 3.96. The molecule has 1 aromatic rings. The third-order valence-corrected chi connectivity index (χ3v) is 6.39. The van der Waals surface area contributed by atoms with Crippen molar-refractivity contribution in [3.05, 3.63) is 20.2 Å². The lowest BCUT2D eigenvalue weighted by molar-refractivity contribution is -0.254. The number of fused-ring (bicyclic) bond motifs is 1. The summed E-state index contributed by atoms with van der Waals surface area (Å²) in [5, 5.41) is 0. The number of thiazole rings is 1. The lowest BCUT2D eigenvalue weighted by atomic mass is 9.57. The van der Waals surface area contributed by atoms with Gasteiger partial charge in [-0.1, -0.05) is 25.2 Å². The molecule has 5 nitrogen and oxygen atoms in total. The van der Waals surface area contributed by atoms with E-state index in [0.717, 1.165) is 30.0 Å². The summed E-state index contributed by atoms with van der Waals surface area (Å²) in [5.41, 5.74) is 0.824. The van der Waals surface area contributed by atoms with E-state index in [9.17, 15) is 9.59 Å². The monoisotopic (exact) mass is 339 g/mol. The highest BCUT2D eigenvalue weighted by molar-refractivity contribution is 7.09.